The number of rotatable bonds is 18. The van der Waals surface area contributed by atoms with Gasteiger partial charge in [-0.25, -0.2) is 0 Å². The molecule has 0 aliphatic rings. The van der Waals surface area contributed by atoms with Gasteiger partial charge in [0.1, 0.15) is 8.42 Å². The van der Waals surface area contributed by atoms with E-state index in [1.54, 1.807) is 61.6 Å². The zero-order chi connectivity index (χ0) is 47.1. The van der Waals surface area contributed by atoms with Gasteiger partial charge in [-0.3, -0.25) is 19.2 Å². The van der Waals surface area contributed by atoms with E-state index in [0.717, 1.165) is 62.1 Å². The lowest BCUT2D eigenvalue weighted by molar-refractivity contribution is -0.599. The molecule has 0 radical (unpaired) electrons. The second kappa shape index (κ2) is 25.7. The molecule has 0 saturated carbocycles. The van der Waals surface area contributed by atoms with Gasteiger partial charge < -0.3 is 57.4 Å². The molecule has 0 spiro atoms. The summed E-state index contributed by atoms with van der Waals surface area (Å²) in [7, 11) is 0. The summed E-state index contributed by atoms with van der Waals surface area (Å²) in [6.45, 7) is 12.2. The Bertz CT molecular complexity index is 2720. The van der Waals surface area contributed by atoms with Crippen LogP contribution in [-0.2, 0) is 43.4 Å². The first-order valence-electron chi connectivity index (χ1n) is 21.3. The van der Waals surface area contributed by atoms with E-state index in [0.29, 0.717) is 43.5 Å². The minimum Gasteiger partial charge on any atom is -1.00 e. The number of nitrogens with zero attached hydrogens (tertiary/aromatic N) is 2. The molecule has 0 bridgehead atoms. The van der Waals surface area contributed by atoms with Crippen molar-refractivity contribution in [3.8, 4) is 11.4 Å². The fourth-order valence-electron chi connectivity index (χ4n) is 7.64. The summed E-state index contributed by atoms with van der Waals surface area (Å²) in [6, 6.07) is 27.2. The van der Waals surface area contributed by atoms with Crippen LogP contribution < -0.4 is 57.1 Å². The van der Waals surface area contributed by atoms with Gasteiger partial charge in [-0.05, 0) is 113 Å². The molecule has 0 aliphatic heterocycles. The lowest BCUT2D eigenvalue weighted by atomic mass is 10.0. The van der Waals surface area contributed by atoms with Crippen LogP contribution in [0.1, 0.15) is 88.8 Å². The SMILES string of the molecule is CCOC(=O)Cc1c(C(=O)c2ccc(Br)cc2)sc(SCc2cccc(CSc3sc(C(=O)c4ccc(Br)cc4)c(CC(=O)OCC)c3-[n+]3cc(C)cc(C)c3)c2)c1-[n+]1cc(C)cc(C)c1.[I-].[I-]. The highest BCUT2D eigenvalue weighted by Crippen LogP contribution is 2.42. The summed E-state index contributed by atoms with van der Waals surface area (Å²) >= 11 is 13.1. The van der Waals surface area contributed by atoms with E-state index in [-0.39, 0.29) is 85.6 Å². The molecular weight excluding hydrogens is 1290 g/mol. The number of hydrogen-bond acceptors (Lipinski definition) is 10. The van der Waals surface area contributed by atoms with Gasteiger partial charge in [0, 0.05) is 53.8 Å². The third kappa shape index (κ3) is 14.0. The van der Waals surface area contributed by atoms with Crippen molar-refractivity contribution in [2.24, 2.45) is 0 Å². The Morgan fingerprint density at radius 2 is 0.897 bits per heavy atom. The number of carbonyl (C=O) groups excluding carboxylic acids is 4. The second-order valence-electron chi connectivity index (χ2n) is 15.7. The number of ether oxygens (including phenoxy) is 2. The van der Waals surface area contributed by atoms with Gasteiger partial charge in [-0.1, -0.05) is 56.1 Å². The van der Waals surface area contributed by atoms with Crippen LogP contribution in [0.5, 0.6) is 0 Å². The van der Waals surface area contributed by atoms with Crippen LogP contribution in [-0.4, -0.2) is 36.7 Å². The molecule has 3 aromatic carbocycles. The fourth-order valence-corrected chi connectivity index (χ4v) is 13.2. The van der Waals surface area contributed by atoms with Gasteiger partial charge in [0.2, 0.25) is 22.9 Å². The van der Waals surface area contributed by atoms with Crippen molar-refractivity contribution in [3.63, 3.8) is 0 Å². The number of thioether (sulfide) groups is 2. The zero-order valence-electron chi connectivity index (χ0n) is 38.1. The lowest BCUT2D eigenvalue weighted by Crippen LogP contribution is -3.00. The maximum Gasteiger partial charge on any atom is 0.310 e. The van der Waals surface area contributed by atoms with Crippen molar-refractivity contribution in [3.05, 3.63) is 184 Å². The standard InChI is InChI=1S/C52H48Br2N2O6S4.2HI/c1-7-61-43(57)23-41-45(55-25-31(3)20-32(4)26-55)51(65-49(41)47(59)37-12-16-39(53)17-13-37)63-29-35-10-9-11-36(22-35)30-64-52-46(56-27-33(5)21-34(6)28-56)42(24-44(58)62-8-2)50(66-52)48(60)38-14-18-40(54)19-15-38;;/h9-22,25-28H,7-8,23-24,29-30H2,1-6H3;2*1H/q+2;;/p-2. The van der Waals surface area contributed by atoms with Crippen LogP contribution in [0, 0.1) is 27.7 Å². The van der Waals surface area contributed by atoms with Crippen LogP contribution in [0.3, 0.4) is 0 Å². The number of carbonyl (C=O) groups is 4. The van der Waals surface area contributed by atoms with E-state index >= 15 is 0 Å². The molecule has 0 aliphatic carbocycles. The van der Waals surface area contributed by atoms with Crippen LogP contribution in [0.25, 0.3) is 11.4 Å². The number of ketones is 2. The Labute approximate surface area is 465 Å². The van der Waals surface area contributed by atoms with E-state index in [1.807, 2.05) is 85.9 Å². The van der Waals surface area contributed by atoms with Crippen molar-refractivity contribution in [2.45, 2.75) is 74.3 Å². The number of aromatic nitrogens is 2. The Morgan fingerprint density at radius 3 is 1.24 bits per heavy atom. The van der Waals surface area contributed by atoms with E-state index in [9.17, 15) is 19.2 Å². The number of thiophene rings is 2. The molecule has 7 aromatic rings. The van der Waals surface area contributed by atoms with Crippen molar-refractivity contribution in [2.75, 3.05) is 13.2 Å². The molecule has 0 unspecified atom stereocenters. The average molecular weight is 1340 g/mol. The minimum absolute atomic E-state index is 0. The third-order valence-electron chi connectivity index (χ3n) is 10.3. The highest BCUT2D eigenvalue weighted by molar-refractivity contribution is 9.10. The van der Waals surface area contributed by atoms with Crippen LogP contribution in [0.4, 0.5) is 0 Å². The Balaban J connectivity index is 0.00000432. The van der Waals surface area contributed by atoms with Crippen LogP contribution in [0.2, 0.25) is 0 Å². The highest BCUT2D eigenvalue weighted by atomic mass is 127. The van der Waals surface area contributed by atoms with Gasteiger partial charge >= 0.3 is 11.9 Å². The molecule has 4 heterocycles. The molecule has 0 atom stereocenters. The first kappa shape index (κ1) is 55.7. The summed E-state index contributed by atoms with van der Waals surface area (Å²) in [5.74, 6) is 0.109. The summed E-state index contributed by atoms with van der Waals surface area (Å²) in [4.78, 5) is 56.1. The quantitative estimate of drug-likeness (QED) is 0.0322. The van der Waals surface area contributed by atoms with Gasteiger partial charge in [0.15, 0.2) is 24.8 Å². The maximum atomic E-state index is 14.3. The van der Waals surface area contributed by atoms with E-state index < -0.39 is 11.9 Å². The predicted octanol–water partition coefficient (Wildman–Crippen LogP) is 6.39. The van der Waals surface area contributed by atoms with Crippen LogP contribution in [0.15, 0.2) is 127 Å². The summed E-state index contributed by atoms with van der Waals surface area (Å²) < 4.78 is 18.5. The lowest BCUT2D eigenvalue weighted by Gasteiger charge is -2.08. The van der Waals surface area contributed by atoms with Crippen molar-refractivity contribution >= 4 is 102 Å². The van der Waals surface area contributed by atoms with E-state index in [4.69, 9.17) is 9.47 Å². The molecule has 4 aromatic heterocycles. The number of hydrogen-bond donors (Lipinski definition) is 0. The Kier molecular flexibility index (Phi) is 21.1. The first-order chi connectivity index (χ1) is 31.7. The molecule has 0 saturated heterocycles. The van der Waals surface area contributed by atoms with Crippen molar-refractivity contribution < 1.29 is 85.7 Å². The van der Waals surface area contributed by atoms with Crippen molar-refractivity contribution in [1.82, 2.24) is 0 Å². The molecule has 354 valence electrons. The number of esters is 2. The Hall–Kier alpha value is -3.24. The summed E-state index contributed by atoms with van der Waals surface area (Å²) in [6.07, 6.45) is 8.03. The first-order valence-corrected chi connectivity index (χ1v) is 26.5. The molecule has 0 fully saturated rings. The highest BCUT2D eigenvalue weighted by Gasteiger charge is 2.34. The number of halogens is 4. The molecule has 0 amide bonds. The Morgan fingerprint density at radius 1 is 0.544 bits per heavy atom. The van der Waals surface area contributed by atoms with E-state index in [2.05, 4.69) is 68.3 Å². The normalized spacial score (nSPS) is 10.8. The average Bonchev–Trinajstić information content (AvgIpc) is 3.82. The van der Waals surface area contributed by atoms with E-state index in [1.165, 1.54) is 22.7 Å². The molecule has 16 heteroatoms. The zero-order valence-corrected chi connectivity index (χ0v) is 48.9. The number of benzene rings is 3. The largest absolute Gasteiger partial charge is 1.00 e. The van der Waals surface area contributed by atoms with Crippen molar-refractivity contribution in [1.29, 1.82) is 0 Å². The molecule has 7 rings (SSSR count). The third-order valence-corrected chi connectivity index (χ3v) is 16.5. The molecular formula is C52H48Br2I2N2O6S4. The number of pyridine rings is 2. The van der Waals surface area contributed by atoms with Gasteiger partial charge in [-0.2, -0.15) is 9.13 Å². The van der Waals surface area contributed by atoms with Gasteiger partial charge in [0.05, 0.1) is 46.9 Å². The summed E-state index contributed by atoms with van der Waals surface area (Å²) in [5.41, 5.74) is 10.3. The fraction of sp³-hybridized carbons (Fsp3) is 0.231. The maximum absolute atomic E-state index is 14.3. The summed E-state index contributed by atoms with van der Waals surface area (Å²) in [5, 5.41) is 0. The van der Waals surface area contributed by atoms with Crippen LogP contribution >= 0.6 is 78.1 Å². The predicted molar refractivity (Wildman–Crippen MR) is 272 cm³/mol. The van der Waals surface area contributed by atoms with Gasteiger partial charge in [0.25, 0.3) is 0 Å². The second-order valence-corrected chi connectivity index (χ2v) is 22.1. The molecule has 68 heavy (non-hydrogen) atoms. The number of aryl methyl sites for hydroxylation is 4. The minimum atomic E-state index is -0.393. The molecule has 0 N–H and O–H groups in total. The molecule has 8 nitrogen and oxygen atoms in total. The van der Waals surface area contributed by atoms with Gasteiger partial charge in [-0.15, -0.1) is 46.2 Å². The monoisotopic (exact) mass is 1340 g/mol. The topological polar surface area (TPSA) is 94.5 Å². The smallest absolute Gasteiger partial charge is 0.310 e.